The van der Waals surface area contributed by atoms with Gasteiger partial charge in [-0.25, -0.2) is 8.42 Å². The zero-order valence-electron chi connectivity index (χ0n) is 18.7. The molecule has 176 valence electrons. The highest BCUT2D eigenvalue weighted by Crippen LogP contribution is 2.30. The maximum atomic E-state index is 13.1. The summed E-state index contributed by atoms with van der Waals surface area (Å²) in [7, 11) is -3.64. The van der Waals surface area contributed by atoms with E-state index in [9.17, 15) is 18.0 Å². The lowest BCUT2D eigenvalue weighted by molar-refractivity contribution is -0.121. The van der Waals surface area contributed by atoms with Crippen LogP contribution >= 0.6 is 0 Å². The molecule has 0 radical (unpaired) electrons. The molecule has 0 aromatic heterocycles. The van der Waals surface area contributed by atoms with E-state index in [4.69, 9.17) is 4.74 Å². The number of fused-ring (bicyclic) bond motifs is 1. The Labute approximate surface area is 194 Å². The molecule has 9 heteroatoms. The van der Waals surface area contributed by atoms with Crippen LogP contribution in [0.3, 0.4) is 0 Å². The molecule has 2 aliphatic rings. The van der Waals surface area contributed by atoms with E-state index in [1.165, 1.54) is 15.3 Å². The van der Waals surface area contributed by atoms with Crippen LogP contribution in [0.2, 0.25) is 0 Å². The minimum Gasteiger partial charge on any atom is -0.379 e. The van der Waals surface area contributed by atoms with Gasteiger partial charge in [-0.15, -0.1) is 0 Å². The fourth-order valence-electron chi connectivity index (χ4n) is 4.21. The lowest BCUT2D eigenvalue weighted by Gasteiger charge is -2.27. The van der Waals surface area contributed by atoms with Crippen molar-refractivity contribution in [2.24, 2.45) is 0 Å². The van der Waals surface area contributed by atoms with Gasteiger partial charge in [0.05, 0.1) is 18.1 Å². The molecule has 2 heterocycles. The molecule has 1 N–H and O–H groups in total. The van der Waals surface area contributed by atoms with Crippen LogP contribution in [0.4, 0.5) is 11.4 Å². The number of ether oxygens (including phenoxy) is 1. The van der Waals surface area contributed by atoms with E-state index in [2.05, 4.69) is 5.32 Å². The maximum absolute atomic E-state index is 13.1. The topological polar surface area (TPSA) is 96.0 Å². The smallest absolute Gasteiger partial charge is 0.244 e. The number of carbonyl (C=O) groups is 2. The summed E-state index contributed by atoms with van der Waals surface area (Å²) < 4.78 is 32.8. The number of carbonyl (C=O) groups excluding carboxylic acids is 2. The highest BCUT2D eigenvalue weighted by Gasteiger charge is 2.29. The Morgan fingerprint density at radius 3 is 2.64 bits per heavy atom. The molecule has 1 saturated heterocycles. The van der Waals surface area contributed by atoms with E-state index in [0.717, 1.165) is 17.5 Å². The molecule has 0 bridgehead atoms. The largest absolute Gasteiger partial charge is 0.379 e. The minimum absolute atomic E-state index is 0.127. The monoisotopic (exact) mass is 471 g/mol. The van der Waals surface area contributed by atoms with Crippen molar-refractivity contribution in [3.8, 4) is 0 Å². The molecule has 8 nitrogen and oxygen atoms in total. The number of nitrogens with zero attached hydrogens (tertiary/aromatic N) is 2. The highest BCUT2D eigenvalue weighted by atomic mass is 32.2. The number of morpholine rings is 1. The van der Waals surface area contributed by atoms with Crippen molar-refractivity contribution in [2.45, 2.75) is 37.5 Å². The number of hydrogen-bond acceptors (Lipinski definition) is 5. The number of benzene rings is 2. The fourth-order valence-corrected chi connectivity index (χ4v) is 5.67. The number of rotatable bonds is 6. The molecular weight excluding hydrogens is 442 g/mol. The van der Waals surface area contributed by atoms with Crippen LogP contribution in [0, 0.1) is 0 Å². The van der Waals surface area contributed by atoms with Crippen LogP contribution < -0.4 is 10.2 Å². The Morgan fingerprint density at radius 2 is 1.88 bits per heavy atom. The lowest BCUT2D eigenvalue weighted by atomic mass is 10.1. The molecule has 1 fully saturated rings. The molecule has 0 saturated carbocycles. The number of aryl methyl sites for hydroxylation is 2. The van der Waals surface area contributed by atoms with Gasteiger partial charge in [-0.3, -0.25) is 9.59 Å². The number of sulfonamides is 1. The molecule has 2 aromatic rings. The Morgan fingerprint density at radius 1 is 1.09 bits per heavy atom. The average Bonchev–Trinajstić information content (AvgIpc) is 2.97. The number of amides is 2. The molecule has 4 rings (SSSR count). The van der Waals surface area contributed by atoms with Gasteiger partial charge in [0.15, 0.2) is 0 Å². The predicted molar refractivity (Wildman–Crippen MR) is 126 cm³/mol. The van der Waals surface area contributed by atoms with Gasteiger partial charge in [0.1, 0.15) is 6.54 Å². The van der Waals surface area contributed by atoms with Crippen LogP contribution in [-0.2, 0) is 37.2 Å². The SMILES string of the molecule is CCc1cccc(NC(=O)CN2C(=O)CCCc3cc(S(=O)(=O)N4CCOCC4)ccc32)c1. The Balaban J connectivity index is 1.56. The van der Waals surface area contributed by atoms with Crippen molar-refractivity contribution >= 4 is 33.2 Å². The molecule has 2 aromatic carbocycles. The minimum atomic E-state index is -3.64. The van der Waals surface area contributed by atoms with Crippen molar-refractivity contribution in [3.05, 3.63) is 53.6 Å². The molecule has 33 heavy (non-hydrogen) atoms. The van der Waals surface area contributed by atoms with E-state index in [1.54, 1.807) is 12.1 Å². The Hall–Kier alpha value is -2.75. The van der Waals surface area contributed by atoms with E-state index in [0.29, 0.717) is 56.9 Å². The summed E-state index contributed by atoms with van der Waals surface area (Å²) in [6, 6.07) is 12.4. The van der Waals surface area contributed by atoms with Crippen molar-refractivity contribution in [3.63, 3.8) is 0 Å². The van der Waals surface area contributed by atoms with Crippen LogP contribution in [0.15, 0.2) is 47.4 Å². The lowest BCUT2D eigenvalue weighted by Crippen LogP contribution is -2.40. The third-order valence-corrected chi connectivity index (χ3v) is 7.90. The normalized spacial score (nSPS) is 17.4. The summed E-state index contributed by atoms with van der Waals surface area (Å²) in [4.78, 5) is 27.2. The summed E-state index contributed by atoms with van der Waals surface area (Å²) in [5.41, 5.74) is 3.15. The third-order valence-electron chi connectivity index (χ3n) is 6.01. The molecule has 0 unspecified atom stereocenters. The average molecular weight is 472 g/mol. The third kappa shape index (κ3) is 5.26. The first-order valence-corrected chi connectivity index (χ1v) is 12.7. The first-order valence-electron chi connectivity index (χ1n) is 11.3. The highest BCUT2D eigenvalue weighted by molar-refractivity contribution is 7.89. The summed E-state index contributed by atoms with van der Waals surface area (Å²) in [6.07, 6.45) is 2.34. The first-order chi connectivity index (χ1) is 15.9. The fraction of sp³-hybridized carbons (Fsp3) is 0.417. The Bertz CT molecular complexity index is 1140. The van der Waals surface area contributed by atoms with Gasteiger partial charge >= 0.3 is 0 Å². The van der Waals surface area contributed by atoms with Gasteiger partial charge in [0.2, 0.25) is 21.8 Å². The quantitative estimate of drug-likeness (QED) is 0.699. The van der Waals surface area contributed by atoms with Crippen LogP contribution in [0.5, 0.6) is 0 Å². The zero-order chi connectivity index (χ0) is 23.4. The molecular formula is C24H29N3O5S. The van der Waals surface area contributed by atoms with E-state index in [-0.39, 0.29) is 23.3 Å². The van der Waals surface area contributed by atoms with Gasteiger partial charge < -0.3 is 15.0 Å². The second-order valence-corrected chi connectivity index (χ2v) is 10.2. The zero-order valence-corrected chi connectivity index (χ0v) is 19.6. The summed E-state index contributed by atoms with van der Waals surface area (Å²) in [5, 5.41) is 2.87. The van der Waals surface area contributed by atoms with E-state index < -0.39 is 10.0 Å². The molecule has 2 aliphatic heterocycles. The van der Waals surface area contributed by atoms with Crippen molar-refractivity contribution in [1.82, 2.24) is 4.31 Å². The summed E-state index contributed by atoms with van der Waals surface area (Å²) >= 11 is 0. The van der Waals surface area contributed by atoms with E-state index in [1.807, 2.05) is 31.2 Å². The van der Waals surface area contributed by atoms with Crippen LogP contribution in [0.1, 0.15) is 30.9 Å². The molecule has 0 spiro atoms. The summed E-state index contributed by atoms with van der Waals surface area (Å²) in [5.74, 6) is -0.440. The Kier molecular flexibility index (Phi) is 7.11. The number of anilines is 2. The van der Waals surface area contributed by atoms with Gasteiger partial charge in [0.25, 0.3) is 0 Å². The molecule has 0 aliphatic carbocycles. The predicted octanol–water partition coefficient (Wildman–Crippen LogP) is 2.58. The van der Waals surface area contributed by atoms with Gasteiger partial charge in [-0.2, -0.15) is 4.31 Å². The van der Waals surface area contributed by atoms with Crippen LogP contribution in [-0.4, -0.2) is 57.4 Å². The van der Waals surface area contributed by atoms with Crippen LogP contribution in [0.25, 0.3) is 0 Å². The molecule has 2 amide bonds. The van der Waals surface area contributed by atoms with Crippen molar-refractivity contribution < 1.29 is 22.7 Å². The van der Waals surface area contributed by atoms with Crippen molar-refractivity contribution in [1.29, 1.82) is 0 Å². The number of hydrogen-bond donors (Lipinski definition) is 1. The van der Waals surface area contributed by atoms with Gasteiger partial charge in [-0.05, 0) is 60.7 Å². The first kappa shape index (κ1) is 23.4. The van der Waals surface area contributed by atoms with E-state index >= 15 is 0 Å². The number of nitrogens with one attached hydrogen (secondary N) is 1. The second kappa shape index (κ2) is 10.0. The summed E-state index contributed by atoms with van der Waals surface area (Å²) in [6.45, 7) is 3.32. The van der Waals surface area contributed by atoms with Gasteiger partial charge in [-0.1, -0.05) is 19.1 Å². The van der Waals surface area contributed by atoms with Crippen molar-refractivity contribution in [2.75, 3.05) is 43.1 Å². The van der Waals surface area contributed by atoms with Gasteiger partial charge in [0, 0.05) is 30.9 Å². The standard InChI is InChI=1S/C24H29N3O5S/c1-2-18-5-3-7-20(15-18)25-23(28)17-27-22-10-9-21(16-19(22)6-4-8-24(27)29)33(30,31)26-11-13-32-14-12-26/h3,5,7,9-10,15-16H,2,4,6,8,11-14,17H2,1H3,(H,25,28). The maximum Gasteiger partial charge on any atom is 0.244 e. The second-order valence-electron chi connectivity index (χ2n) is 8.24. The molecule has 0 atom stereocenters.